The number of thioether (sulfide) groups is 1. The lowest BCUT2D eigenvalue weighted by Gasteiger charge is -2.29. The molecule has 0 amide bonds. The highest BCUT2D eigenvalue weighted by Crippen LogP contribution is 2.29. The van der Waals surface area contributed by atoms with Crippen molar-refractivity contribution in [2.24, 2.45) is 0 Å². The minimum atomic E-state index is -0.857. The van der Waals surface area contributed by atoms with Gasteiger partial charge < -0.3 is 10.4 Å². The van der Waals surface area contributed by atoms with E-state index in [4.69, 9.17) is 5.11 Å². The van der Waals surface area contributed by atoms with E-state index in [9.17, 15) is 4.79 Å². The molecular weight excluding hydrogens is 258 g/mol. The van der Waals surface area contributed by atoms with E-state index in [0.717, 1.165) is 16.5 Å². The van der Waals surface area contributed by atoms with E-state index in [0.29, 0.717) is 11.6 Å². The van der Waals surface area contributed by atoms with Gasteiger partial charge in [-0.15, -0.1) is 0 Å². The molecule has 0 heterocycles. The summed E-state index contributed by atoms with van der Waals surface area (Å²) in [5.74, 6) is -0.857. The molecule has 0 aliphatic heterocycles. The first-order valence-corrected chi connectivity index (χ1v) is 8.02. The zero-order valence-corrected chi connectivity index (χ0v) is 12.3. The van der Waals surface area contributed by atoms with Crippen molar-refractivity contribution in [2.75, 3.05) is 11.6 Å². The molecule has 19 heavy (non-hydrogen) atoms. The van der Waals surface area contributed by atoms with E-state index in [2.05, 4.69) is 11.6 Å². The van der Waals surface area contributed by atoms with Gasteiger partial charge in [0.2, 0.25) is 0 Å². The van der Waals surface area contributed by atoms with Crippen LogP contribution in [0.25, 0.3) is 0 Å². The third kappa shape index (κ3) is 3.66. The molecule has 1 aliphatic rings. The van der Waals surface area contributed by atoms with Crippen LogP contribution < -0.4 is 5.32 Å². The molecule has 0 saturated heterocycles. The second-order valence-electron chi connectivity index (χ2n) is 5.20. The maximum absolute atomic E-state index is 11.0. The Labute approximate surface area is 118 Å². The highest BCUT2D eigenvalue weighted by atomic mass is 32.2. The summed E-state index contributed by atoms with van der Waals surface area (Å²) >= 11 is 1.95. The summed E-state index contributed by atoms with van der Waals surface area (Å²) in [6.07, 6.45) is 7.17. The molecule has 1 aliphatic carbocycles. The highest BCUT2D eigenvalue weighted by molar-refractivity contribution is 7.99. The van der Waals surface area contributed by atoms with Crippen LogP contribution in [-0.4, -0.2) is 28.6 Å². The summed E-state index contributed by atoms with van der Waals surface area (Å²) in [6, 6.07) is 6.02. The van der Waals surface area contributed by atoms with Gasteiger partial charge in [-0.1, -0.05) is 6.42 Å². The van der Waals surface area contributed by atoms with Crippen LogP contribution in [0.2, 0.25) is 0 Å². The lowest BCUT2D eigenvalue weighted by atomic mass is 9.94. The van der Waals surface area contributed by atoms with Crippen LogP contribution in [0.4, 0.5) is 5.69 Å². The summed E-state index contributed by atoms with van der Waals surface area (Å²) in [4.78, 5) is 11.0. The molecule has 0 radical (unpaired) electrons. The van der Waals surface area contributed by atoms with Gasteiger partial charge in [0.05, 0.1) is 5.56 Å². The number of hydrogen-bond donors (Lipinski definition) is 2. The number of anilines is 1. The van der Waals surface area contributed by atoms with Gasteiger partial charge in [-0.25, -0.2) is 4.79 Å². The van der Waals surface area contributed by atoms with Crippen molar-refractivity contribution in [3.8, 4) is 0 Å². The van der Waals surface area contributed by atoms with Crippen LogP contribution in [0, 0.1) is 6.92 Å². The van der Waals surface area contributed by atoms with Crippen molar-refractivity contribution >= 4 is 23.4 Å². The van der Waals surface area contributed by atoms with Crippen LogP contribution in [0.1, 0.15) is 41.6 Å². The molecule has 1 saturated carbocycles. The molecule has 0 spiro atoms. The summed E-state index contributed by atoms with van der Waals surface area (Å²) in [6.45, 7) is 1.85. The van der Waals surface area contributed by atoms with Gasteiger partial charge in [0.15, 0.2) is 0 Å². The predicted octanol–water partition coefficient (Wildman–Crippen LogP) is 3.78. The summed E-state index contributed by atoms with van der Waals surface area (Å²) in [7, 11) is 0. The lowest BCUT2D eigenvalue weighted by molar-refractivity contribution is 0.0696. The van der Waals surface area contributed by atoms with Crippen molar-refractivity contribution in [3.05, 3.63) is 29.3 Å². The zero-order valence-electron chi connectivity index (χ0n) is 11.5. The molecule has 0 bridgehead atoms. The van der Waals surface area contributed by atoms with Crippen LogP contribution in [0.3, 0.4) is 0 Å². The smallest absolute Gasteiger partial charge is 0.335 e. The molecule has 4 heteroatoms. The monoisotopic (exact) mass is 279 g/mol. The van der Waals surface area contributed by atoms with E-state index in [1.807, 2.05) is 30.8 Å². The Morgan fingerprint density at radius 3 is 2.84 bits per heavy atom. The Morgan fingerprint density at radius 2 is 2.21 bits per heavy atom. The predicted molar refractivity (Wildman–Crippen MR) is 81.3 cm³/mol. The van der Waals surface area contributed by atoms with Crippen LogP contribution in [-0.2, 0) is 0 Å². The van der Waals surface area contributed by atoms with Gasteiger partial charge >= 0.3 is 5.97 Å². The number of carbonyl (C=O) groups is 1. The van der Waals surface area contributed by atoms with Crippen molar-refractivity contribution in [1.82, 2.24) is 0 Å². The van der Waals surface area contributed by atoms with Crippen molar-refractivity contribution in [2.45, 2.75) is 43.9 Å². The molecule has 2 atom stereocenters. The fourth-order valence-corrected chi connectivity index (χ4v) is 3.55. The Kier molecular flexibility index (Phi) is 4.75. The molecule has 2 unspecified atom stereocenters. The number of hydrogen-bond acceptors (Lipinski definition) is 3. The quantitative estimate of drug-likeness (QED) is 0.880. The average molecular weight is 279 g/mol. The van der Waals surface area contributed by atoms with Crippen LogP contribution >= 0.6 is 11.8 Å². The minimum absolute atomic E-state index is 0.385. The van der Waals surface area contributed by atoms with E-state index < -0.39 is 5.97 Å². The van der Waals surface area contributed by atoms with Gasteiger partial charge in [-0.05, 0) is 56.2 Å². The third-order valence-corrected chi connectivity index (χ3v) is 4.88. The SMILES string of the molecule is CSC1CCCC(Nc2ccc(C(=O)O)c(C)c2)C1. The molecule has 1 aromatic carbocycles. The molecule has 2 N–H and O–H groups in total. The average Bonchev–Trinajstić information content (AvgIpc) is 2.38. The van der Waals surface area contributed by atoms with E-state index in [-0.39, 0.29) is 0 Å². The molecule has 1 aromatic rings. The first-order valence-electron chi connectivity index (χ1n) is 6.73. The number of rotatable bonds is 4. The molecule has 1 fully saturated rings. The summed E-state index contributed by atoms with van der Waals surface area (Å²) in [5.41, 5.74) is 2.24. The molecule has 3 nitrogen and oxygen atoms in total. The van der Waals surface area contributed by atoms with Gasteiger partial charge in [0, 0.05) is 17.0 Å². The van der Waals surface area contributed by atoms with Gasteiger partial charge in [-0.2, -0.15) is 11.8 Å². The van der Waals surface area contributed by atoms with Crippen molar-refractivity contribution in [1.29, 1.82) is 0 Å². The maximum Gasteiger partial charge on any atom is 0.335 e. The zero-order chi connectivity index (χ0) is 13.8. The lowest BCUT2D eigenvalue weighted by Crippen LogP contribution is -2.28. The fraction of sp³-hybridized carbons (Fsp3) is 0.533. The minimum Gasteiger partial charge on any atom is -0.478 e. The van der Waals surface area contributed by atoms with E-state index in [1.54, 1.807) is 6.07 Å². The molecule has 2 rings (SSSR count). The summed E-state index contributed by atoms with van der Waals surface area (Å²) < 4.78 is 0. The second kappa shape index (κ2) is 6.33. The van der Waals surface area contributed by atoms with E-state index in [1.165, 1.54) is 25.7 Å². The Balaban J connectivity index is 2.03. The largest absolute Gasteiger partial charge is 0.478 e. The number of aryl methyl sites for hydroxylation is 1. The van der Waals surface area contributed by atoms with Gasteiger partial charge in [0.25, 0.3) is 0 Å². The maximum atomic E-state index is 11.0. The van der Waals surface area contributed by atoms with Gasteiger partial charge in [-0.3, -0.25) is 0 Å². The molecule has 104 valence electrons. The second-order valence-corrected chi connectivity index (χ2v) is 6.34. The number of benzene rings is 1. The number of aromatic carboxylic acids is 1. The topological polar surface area (TPSA) is 49.3 Å². The Bertz CT molecular complexity index is 461. The standard InChI is InChI=1S/C15H21NO2S/c1-10-8-12(6-7-14(10)15(17)18)16-11-4-3-5-13(9-11)19-2/h6-8,11,13,16H,3-5,9H2,1-2H3,(H,17,18). The third-order valence-electron chi connectivity index (χ3n) is 3.79. The normalized spacial score (nSPS) is 23.1. The first-order chi connectivity index (χ1) is 9.10. The van der Waals surface area contributed by atoms with Gasteiger partial charge in [0.1, 0.15) is 0 Å². The number of carboxylic acid groups (broad SMARTS) is 1. The van der Waals surface area contributed by atoms with Crippen molar-refractivity contribution < 1.29 is 9.90 Å². The first kappa shape index (κ1) is 14.3. The molecular formula is C15H21NO2S. The fourth-order valence-electron chi connectivity index (χ4n) is 2.72. The summed E-state index contributed by atoms with van der Waals surface area (Å²) in [5, 5.41) is 13.3. The Hall–Kier alpha value is -1.16. The number of carboxylic acids is 1. The van der Waals surface area contributed by atoms with Crippen LogP contribution in [0.15, 0.2) is 18.2 Å². The Morgan fingerprint density at radius 1 is 1.42 bits per heavy atom. The van der Waals surface area contributed by atoms with Crippen molar-refractivity contribution in [3.63, 3.8) is 0 Å². The number of nitrogens with one attached hydrogen (secondary N) is 1. The van der Waals surface area contributed by atoms with Crippen LogP contribution in [0.5, 0.6) is 0 Å². The van der Waals surface area contributed by atoms with E-state index >= 15 is 0 Å². The molecule has 0 aromatic heterocycles. The highest BCUT2D eigenvalue weighted by Gasteiger charge is 2.21.